The zero-order valence-corrected chi connectivity index (χ0v) is 10.3. The van der Waals surface area contributed by atoms with Crippen molar-refractivity contribution in [2.24, 2.45) is 0 Å². The molecule has 4 nitrogen and oxygen atoms in total. The molecule has 0 fully saturated rings. The molecule has 0 aliphatic carbocycles. The molecular formula is C15H14N2O2. The molecule has 0 aliphatic rings. The number of benzene rings is 1. The summed E-state index contributed by atoms with van der Waals surface area (Å²) in [6.07, 6.45) is 2.07. The molecule has 0 radical (unpaired) electrons. The Kier molecular flexibility index (Phi) is 4.29. The monoisotopic (exact) mass is 254 g/mol. The van der Waals surface area contributed by atoms with Gasteiger partial charge in [0.25, 0.3) is 0 Å². The largest absolute Gasteiger partial charge is 0.475 e. The lowest BCUT2D eigenvalue weighted by atomic mass is 10.1. The number of H-pyrrole nitrogens is 1. The minimum Gasteiger partial charge on any atom is -0.475 e. The lowest BCUT2D eigenvalue weighted by Gasteiger charge is -2.01. The van der Waals surface area contributed by atoms with E-state index in [1.165, 1.54) is 6.20 Å². The molecule has 96 valence electrons. The number of hydrogen-bond donors (Lipinski definition) is 2. The molecule has 2 rings (SSSR count). The van der Waals surface area contributed by atoms with Gasteiger partial charge < -0.3 is 10.1 Å². The van der Waals surface area contributed by atoms with Crippen LogP contribution in [-0.4, -0.2) is 21.0 Å². The van der Waals surface area contributed by atoms with E-state index in [0.717, 1.165) is 11.3 Å². The number of aromatic nitrogens is 2. The van der Waals surface area contributed by atoms with Gasteiger partial charge in [-0.3, -0.25) is 0 Å². The smallest absolute Gasteiger partial charge is 0.371 e. The Bertz CT molecular complexity index is 604. The second-order valence-electron chi connectivity index (χ2n) is 3.99. The van der Waals surface area contributed by atoms with Gasteiger partial charge in [0.05, 0.1) is 0 Å². The van der Waals surface area contributed by atoms with Crippen LogP contribution < -0.4 is 0 Å². The third-order valence-corrected chi connectivity index (χ3v) is 2.53. The number of carboxylic acid groups (broad SMARTS) is 1. The minimum absolute atomic E-state index is 0.0814. The standard InChI is InChI=1S/C15H14N2O2/c18-15(19)14-16-10-6-2-5-9-13(17-14)11-12-7-3-1-4-8-12/h1-10H,11H2,(H,16,17)(H,18,19). The van der Waals surface area contributed by atoms with Gasteiger partial charge in [-0.1, -0.05) is 42.5 Å². The first kappa shape index (κ1) is 12.8. The number of aromatic carboxylic acids is 1. The van der Waals surface area contributed by atoms with E-state index >= 15 is 0 Å². The average molecular weight is 254 g/mol. The molecule has 1 heterocycles. The third kappa shape index (κ3) is 3.96. The van der Waals surface area contributed by atoms with Crippen molar-refractivity contribution < 1.29 is 9.90 Å². The van der Waals surface area contributed by atoms with E-state index in [1.54, 1.807) is 12.1 Å². The van der Waals surface area contributed by atoms with Crippen LogP contribution in [0.2, 0.25) is 0 Å². The Labute approximate surface area is 111 Å². The highest BCUT2D eigenvalue weighted by Gasteiger charge is 2.03. The van der Waals surface area contributed by atoms with Gasteiger partial charge in [-0.15, -0.1) is 0 Å². The SMILES string of the molecule is O=C(O)c1ncccccc(Cc2ccccc2)[nH]1. The molecule has 0 spiro atoms. The first-order valence-corrected chi connectivity index (χ1v) is 5.90. The van der Waals surface area contributed by atoms with Crippen molar-refractivity contribution >= 4 is 5.97 Å². The molecule has 0 amide bonds. The summed E-state index contributed by atoms with van der Waals surface area (Å²) in [6, 6.07) is 17.0. The van der Waals surface area contributed by atoms with Gasteiger partial charge >= 0.3 is 5.97 Å². The van der Waals surface area contributed by atoms with Gasteiger partial charge in [0.2, 0.25) is 5.82 Å². The predicted octanol–water partition coefficient (Wildman–Crippen LogP) is 2.82. The van der Waals surface area contributed by atoms with Gasteiger partial charge in [0.1, 0.15) is 0 Å². The van der Waals surface area contributed by atoms with Crippen molar-refractivity contribution in [3.05, 3.63) is 77.9 Å². The number of nitrogens with zero attached hydrogens (tertiary/aromatic N) is 1. The number of carbonyl (C=O) groups is 1. The second kappa shape index (κ2) is 6.35. The van der Waals surface area contributed by atoms with Crippen molar-refractivity contribution in [1.29, 1.82) is 0 Å². The first-order chi connectivity index (χ1) is 9.25. The van der Waals surface area contributed by atoms with E-state index < -0.39 is 5.97 Å². The average Bonchev–Trinajstić information content (AvgIpc) is 2.52. The van der Waals surface area contributed by atoms with Crippen LogP contribution in [-0.2, 0) is 6.42 Å². The van der Waals surface area contributed by atoms with Crippen molar-refractivity contribution in [2.45, 2.75) is 6.42 Å². The van der Waals surface area contributed by atoms with E-state index in [9.17, 15) is 4.79 Å². The van der Waals surface area contributed by atoms with Crippen LogP contribution in [0, 0.1) is 0 Å². The van der Waals surface area contributed by atoms with Crippen LogP contribution in [0.25, 0.3) is 0 Å². The molecule has 1 aromatic heterocycles. The quantitative estimate of drug-likeness (QED) is 0.885. The summed E-state index contributed by atoms with van der Waals surface area (Å²) in [6.45, 7) is 0. The molecule has 1 aromatic carbocycles. The molecule has 0 saturated carbocycles. The minimum atomic E-state index is -1.08. The number of nitrogens with one attached hydrogen (secondary N) is 1. The van der Waals surface area contributed by atoms with Gasteiger partial charge in [-0.2, -0.15) is 0 Å². The highest BCUT2D eigenvalue weighted by Crippen LogP contribution is 2.05. The van der Waals surface area contributed by atoms with Crippen LogP contribution >= 0.6 is 0 Å². The first-order valence-electron chi connectivity index (χ1n) is 5.90. The summed E-state index contributed by atoms with van der Waals surface area (Å²) in [5.74, 6) is -1.16. The van der Waals surface area contributed by atoms with Crippen molar-refractivity contribution in [3.63, 3.8) is 0 Å². The third-order valence-electron chi connectivity index (χ3n) is 2.53. The molecular weight excluding hydrogens is 240 g/mol. The van der Waals surface area contributed by atoms with Crippen molar-refractivity contribution in [1.82, 2.24) is 9.97 Å². The maximum atomic E-state index is 11.1. The van der Waals surface area contributed by atoms with Crippen LogP contribution in [0.4, 0.5) is 0 Å². The molecule has 19 heavy (non-hydrogen) atoms. The lowest BCUT2D eigenvalue weighted by molar-refractivity contribution is 0.0683. The fraction of sp³-hybridized carbons (Fsp3) is 0.0667. The number of carboxylic acids is 1. The highest BCUT2D eigenvalue weighted by molar-refractivity contribution is 5.82. The Hall–Kier alpha value is -2.62. The maximum Gasteiger partial charge on any atom is 0.371 e. The normalized spacial score (nSPS) is 9.68. The lowest BCUT2D eigenvalue weighted by Crippen LogP contribution is -2.03. The highest BCUT2D eigenvalue weighted by atomic mass is 16.4. The van der Waals surface area contributed by atoms with Gasteiger partial charge in [0.15, 0.2) is 0 Å². The fourth-order valence-electron chi connectivity index (χ4n) is 1.66. The zero-order valence-electron chi connectivity index (χ0n) is 10.3. The molecule has 0 atom stereocenters. The van der Waals surface area contributed by atoms with Crippen LogP contribution in [0.15, 0.2) is 60.8 Å². The van der Waals surface area contributed by atoms with Crippen molar-refractivity contribution in [3.8, 4) is 0 Å². The second-order valence-corrected chi connectivity index (χ2v) is 3.99. The summed E-state index contributed by atoms with van der Waals surface area (Å²) >= 11 is 0. The van der Waals surface area contributed by atoms with Crippen LogP contribution in [0.5, 0.6) is 0 Å². The summed E-state index contributed by atoms with van der Waals surface area (Å²) < 4.78 is 0. The fourth-order valence-corrected chi connectivity index (χ4v) is 1.66. The molecule has 0 saturated heterocycles. The molecule has 0 aliphatic heterocycles. The van der Waals surface area contributed by atoms with E-state index in [-0.39, 0.29) is 5.82 Å². The van der Waals surface area contributed by atoms with E-state index in [2.05, 4.69) is 9.97 Å². The zero-order chi connectivity index (χ0) is 13.5. The van der Waals surface area contributed by atoms with Crippen LogP contribution in [0.3, 0.4) is 0 Å². The summed E-state index contributed by atoms with van der Waals surface area (Å²) in [7, 11) is 0. The maximum absolute atomic E-state index is 11.1. The number of hydrogen-bond acceptors (Lipinski definition) is 2. The van der Waals surface area contributed by atoms with Gasteiger partial charge in [-0.05, 0) is 17.7 Å². The number of rotatable bonds is 3. The molecule has 4 heteroatoms. The predicted molar refractivity (Wildman–Crippen MR) is 72.4 cm³/mol. The van der Waals surface area contributed by atoms with Gasteiger partial charge in [-0.25, -0.2) is 9.78 Å². The molecule has 0 bridgehead atoms. The topological polar surface area (TPSA) is 66.0 Å². The molecule has 0 unspecified atom stereocenters. The van der Waals surface area contributed by atoms with Crippen LogP contribution in [0.1, 0.15) is 21.9 Å². The van der Waals surface area contributed by atoms with E-state index in [4.69, 9.17) is 5.11 Å². The summed E-state index contributed by atoms with van der Waals surface area (Å²) in [5.41, 5.74) is 1.89. The van der Waals surface area contributed by atoms with Gasteiger partial charge in [0, 0.05) is 18.3 Å². The Balaban J connectivity index is 2.42. The molecule has 2 aromatic rings. The Morgan fingerprint density at radius 1 is 1.05 bits per heavy atom. The Morgan fingerprint density at radius 3 is 2.47 bits per heavy atom. The van der Waals surface area contributed by atoms with E-state index in [1.807, 2.05) is 42.5 Å². The summed E-state index contributed by atoms with van der Waals surface area (Å²) in [5, 5.41) is 9.06. The molecule has 2 N–H and O–H groups in total. The summed E-state index contributed by atoms with van der Waals surface area (Å²) in [4.78, 5) is 17.8. The van der Waals surface area contributed by atoms with Crippen molar-refractivity contribution in [2.75, 3.05) is 0 Å². The van der Waals surface area contributed by atoms with E-state index in [0.29, 0.717) is 6.42 Å². The Morgan fingerprint density at radius 2 is 1.74 bits per heavy atom. The number of aromatic amines is 1.